The molecule has 0 bridgehead atoms. The van der Waals surface area contributed by atoms with Crippen molar-refractivity contribution in [2.24, 2.45) is 0 Å². The molecule has 1 aliphatic rings. The van der Waals surface area contributed by atoms with Gasteiger partial charge < -0.3 is 9.80 Å². The number of aryl methyl sites for hydroxylation is 2. The van der Waals surface area contributed by atoms with Crippen LogP contribution < -0.4 is 4.90 Å². The van der Waals surface area contributed by atoms with Crippen molar-refractivity contribution in [2.45, 2.75) is 13.8 Å². The third kappa shape index (κ3) is 3.73. The van der Waals surface area contributed by atoms with Gasteiger partial charge in [-0.3, -0.25) is 4.79 Å². The fourth-order valence-electron chi connectivity index (χ4n) is 3.43. The summed E-state index contributed by atoms with van der Waals surface area (Å²) < 4.78 is 2.82. The molecule has 0 aliphatic carbocycles. The number of aromatic nitrogens is 4. The molecule has 1 aromatic carbocycles. The van der Waals surface area contributed by atoms with E-state index in [4.69, 9.17) is 0 Å². The molecule has 3 heterocycles. The summed E-state index contributed by atoms with van der Waals surface area (Å²) in [6, 6.07) is 11.7. The van der Waals surface area contributed by atoms with Crippen molar-refractivity contribution in [2.75, 3.05) is 31.1 Å². The molecule has 4 rings (SSSR count). The van der Waals surface area contributed by atoms with Gasteiger partial charge in [0.1, 0.15) is 12.1 Å². The molecule has 1 fully saturated rings. The minimum Gasteiger partial charge on any atom is -0.353 e. The lowest BCUT2D eigenvalue weighted by Crippen LogP contribution is -2.49. The first kappa shape index (κ1) is 18.9. The Balaban J connectivity index is 1.47. The summed E-state index contributed by atoms with van der Waals surface area (Å²) in [7, 11) is 0. The van der Waals surface area contributed by atoms with Gasteiger partial charge in [0.15, 0.2) is 5.82 Å². The Morgan fingerprint density at radius 1 is 1.00 bits per heavy atom. The maximum absolute atomic E-state index is 12.8. The Hall–Kier alpha value is -2.49. The minimum atomic E-state index is 0.0932. The lowest BCUT2D eigenvalue weighted by atomic mass is 10.2. The Bertz CT molecular complexity index is 1010. The average Bonchev–Trinajstić information content (AvgIpc) is 3.06. The fourth-order valence-corrected chi connectivity index (χ4v) is 4.05. The Kier molecular flexibility index (Phi) is 5.29. The quantitative estimate of drug-likeness (QED) is 0.531. The summed E-state index contributed by atoms with van der Waals surface area (Å²) in [4.78, 5) is 25.7. The van der Waals surface area contributed by atoms with Gasteiger partial charge in [-0.2, -0.15) is 5.10 Å². The van der Waals surface area contributed by atoms with E-state index in [1.807, 2.05) is 59.8 Å². The first-order valence-corrected chi connectivity index (χ1v) is 10.3. The molecule has 8 heteroatoms. The highest BCUT2D eigenvalue weighted by molar-refractivity contribution is 14.1. The molecular weight excluding hydrogens is 467 g/mol. The number of carbonyl (C=O) groups excluding carboxylic acids is 1. The maximum Gasteiger partial charge on any atom is 0.255 e. The van der Waals surface area contributed by atoms with Crippen LogP contribution in [0.2, 0.25) is 0 Å². The SMILES string of the molecule is Cc1cc(C)n(-c2cc(N3CCN(C(=O)c4ccccc4I)CC3)ncn2)n1. The van der Waals surface area contributed by atoms with Crippen molar-refractivity contribution in [3.05, 3.63) is 63.2 Å². The number of carbonyl (C=O) groups is 1. The van der Waals surface area contributed by atoms with Crippen LogP contribution in [0.25, 0.3) is 5.82 Å². The van der Waals surface area contributed by atoms with Crippen LogP contribution in [0.15, 0.2) is 42.7 Å². The van der Waals surface area contributed by atoms with Crippen molar-refractivity contribution >= 4 is 34.3 Å². The summed E-state index contributed by atoms with van der Waals surface area (Å²) >= 11 is 2.22. The van der Waals surface area contributed by atoms with Gasteiger partial charge in [-0.25, -0.2) is 14.6 Å². The monoisotopic (exact) mass is 488 g/mol. The third-order valence-electron chi connectivity index (χ3n) is 4.86. The first-order valence-electron chi connectivity index (χ1n) is 9.17. The molecule has 1 amide bonds. The molecule has 0 saturated carbocycles. The van der Waals surface area contributed by atoms with Gasteiger partial charge in [-0.15, -0.1) is 0 Å². The van der Waals surface area contributed by atoms with Gasteiger partial charge in [0.25, 0.3) is 5.91 Å². The predicted octanol–water partition coefficient (Wildman–Crippen LogP) is 2.85. The third-order valence-corrected chi connectivity index (χ3v) is 5.80. The number of nitrogens with zero attached hydrogens (tertiary/aromatic N) is 6. The summed E-state index contributed by atoms with van der Waals surface area (Å²) in [5.74, 6) is 1.71. The zero-order chi connectivity index (χ0) is 19.7. The van der Waals surface area contributed by atoms with Crippen LogP contribution in [0, 0.1) is 17.4 Å². The Morgan fingerprint density at radius 3 is 2.39 bits per heavy atom. The van der Waals surface area contributed by atoms with Gasteiger partial charge in [0.05, 0.1) is 11.3 Å². The number of rotatable bonds is 3. The van der Waals surface area contributed by atoms with E-state index in [9.17, 15) is 4.79 Å². The number of halogens is 1. The second-order valence-corrected chi connectivity index (χ2v) is 7.99. The molecule has 0 N–H and O–H groups in total. The highest BCUT2D eigenvalue weighted by atomic mass is 127. The number of hydrogen-bond acceptors (Lipinski definition) is 5. The minimum absolute atomic E-state index is 0.0932. The lowest BCUT2D eigenvalue weighted by Gasteiger charge is -2.35. The Labute approximate surface area is 177 Å². The second kappa shape index (κ2) is 7.86. The van der Waals surface area contributed by atoms with E-state index in [1.165, 1.54) is 0 Å². The molecule has 1 aliphatic heterocycles. The lowest BCUT2D eigenvalue weighted by molar-refractivity contribution is 0.0745. The molecule has 7 nitrogen and oxygen atoms in total. The van der Waals surface area contributed by atoms with Crippen LogP contribution in [-0.2, 0) is 0 Å². The van der Waals surface area contributed by atoms with Crippen molar-refractivity contribution in [1.82, 2.24) is 24.6 Å². The smallest absolute Gasteiger partial charge is 0.255 e. The number of amides is 1. The molecule has 0 atom stereocenters. The number of anilines is 1. The zero-order valence-electron chi connectivity index (χ0n) is 15.8. The number of benzene rings is 1. The van der Waals surface area contributed by atoms with Gasteiger partial charge in [0.2, 0.25) is 0 Å². The van der Waals surface area contributed by atoms with Gasteiger partial charge in [-0.1, -0.05) is 12.1 Å². The van der Waals surface area contributed by atoms with Crippen molar-refractivity contribution in [3.63, 3.8) is 0 Å². The van der Waals surface area contributed by atoms with Crippen LogP contribution in [0.5, 0.6) is 0 Å². The van der Waals surface area contributed by atoms with Crippen LogP contribution in [0.3, 0.4) is 0 Å². The maximum atomic E-state index is 12.8. The summed E-state index contributed by atoms with van der Waals surface area (Å²) in [6.07, 6.45) is 1.57. The summed E-state index contributed by atoms with van der Waals surface area (Å²) in [5.41, 5.74) is 2.76. The van der Waals surface area contributed by atoms with Crippen LogP contribution in [0.4, 0.5) is 5.82 Å². The predicted molar refractivity (Wildman–Crippen MR) is 116 cm³/mol. The molecule has 144 valence electrons. The molecule has 0 spiro atoms. The van der Waals surface area contributed by atoms with Gasteiger partial charge in [-0.05, 0) is 54.6 Å². The molecule has 0 radical (unpaired) electrons. The highest BCUT2D eigenvalue weighted by Crippen LogP contribution is 2.19. The van der Waals surface area contributed by atoms with Crippen LogP contribution in [0.1, 0.15) is 21.7 Å². The standard InChI is InChI=1S/C20H21IN6O/c1-14-11-15(2)27(24-14)19-12-18(22-13-23-19)25-7-9-26(10-8-25)20(28)16-5-3-4-6-17(16)21/h3-6,11-13H,7-10H2,1-2H3. The average molecular weight is 488 g/mol. The van der Waals surface area contributed by atoms with Crippen LogP contribution >= 0.6 is 22.6 Å². The Morgan fingerprint density at radius 2 is 1.71 bits per heavy atom. The van der Waals surface area contributed by atoms with E-state index in [1.54, 1.807) is 6.33 Å². The molecule has 2 aromatic heterocycles. The number of piperazine rings is 1. The molecule has 3 aromatic rings. The largest absolute Gasteiger partial charge is 0.353 e. The topological polar surface area (TPSA) is 67.2 Å². The van der Waals surface area contributed by atoms with E-state index in [0.29, 0.717) is 13.1 Å². The summed E-state index contributed by atoms with van der Waals surface area (Å²) in [6.45, 7) is 6.80. The molecular formula is C20H21IN6O. The van der Waals surface area contributed by atoms with E-state index >= 15 is 0 Å². The van der Waals surface area contributed by atoms with Crippen molar-refractivity contribution < 1.29 is 4.79 Å². The van der Waals surface area contributed by atoms with E-state index < -0.39 is 0 Å². The fraction of sp³-hybridized carbons (Fsp3) is 0.300. The van der Waals surface area contributed by atoms with E-state index in [0.717, 1.165) is 45.2 Å². The van der Waals surface area contributed by atoms with Crippen molar-refractivity contribution in [3.8, 4) is 5.82 Å². The molecule has 0 unspecified atom stereocenters. The molecule has 28 heavy (non-hydrogen) atoms. The van der Waals surface area contributed by atoms with Gasteiger partial charge in [0, 0.05) is 41.5 Å². The highest BCUT2D eigenvalue weighted by Gasteiger charge is 2.24. The second-order valence-electron chi connectivity index (χ2n) is 6.83. The summed E-state index contributed by atoms with van der Waals surface area (Å²) in [5, 5.41) is 4.50. The molecule has 1 saturated heterocycles. The van der Waals surface area contributed by atoms with Crippen LogP contribution in [-0.4, -0.2) is 56.7 Å². The van der Waals surface area contributed by atoms with E-state index in [-0.39, 0.29) is 5.91 Å². The normalized spacial score (nSPS) is 14.4. The zero-order valence-corrected chi connectivity index (χ0v) is 18.0. The van der Waals surface area contributed by atoms with Crippen molar-refractivity contribution in [1.29, 1.82) is 0 Å². The first-order chi connectivity index (χ1) is 13.5. The van der Waals surface area contributed by atoms with E-state index in [2.05, 4.69) is 42.6 Å². The van der Waals surface area contributed by atoms with Gasteiger partial charge >= 0.3 is 0 Å². The number of hydrogen-bond donors (Lipinski definition) is 0.